The molecule has 1 fully saturated rings. The number of carbonyl (C=O) groups excluding carboxylic acids is 1. The van der Waals surface area contributed by atoms with E-state index in [-0.39, 0.29) is 24.6 Å². The Morgan fingerprint density at radius 1 is 1.35 bits per heavy atom. The van der Waals surface area contributed by atoms with Crippen molar-refractivity contribution < 1.29 is 19.4 Å². The Hall–Kier alpha value is -1.93. The quantitative estimate of drug-likeness (QED) is 0.644. The molecule has 0 saturated carbocycles. The second kappa shape index (κ2) is 10.6. The minimum Gasteiger partial charge on any atom is -0.491 e. The molecule has 3 heterocycles. The van der Waals surface area contributed by atoms with E-state index >= 15 is 0 Å². The summed E-state index contributed by atoms with van der Waals surface area (Å²) in [5.41, 5.74) is 1.20. The molecule has 2 aliphatic rings. The first kappa shape index (κ1) is 22.3. The number of para-hydroxylation sites is 1. The molecule has 168 valence electrons. The van der Waals surface area contributed by atoms with Crippen molar-refractivity contribution in [3.63, 3.8) is 0 Å². The van der Waals surface area contributed by atoms with Gasteiger partial charge in [0.1, 0.15) is 12.4 Å². The van der Waals surface area contributed by atoms with Crippen molar-refractivity contribution in [1.82, 2.24) is 9.80 Å². The first-order chi connectivity index (χ1) is 15.1. The maximum Gasteiger partial charge on any atom is 0.237 e. The van der Waals surface area contributed by atoms with Crippen LogP contribution in [0.5, 0.6) is 5.75 Å². The first-order valence-electron chi connectivity index (χ1n) is 11.2. The molecule has 2 aliphatic heterocycles. The van der Waals surface area contributed by atoms with Crippen molar-refractivity contribution in [3.05, 3.63) is 52.2 Å². The molecule has 1 saturated heterocycles. The number of aliphatic hydroxyl groups excluding tert-OH is 1. The summed E-state index contributed by atoms with van der Waals surface area (Å²) in [5, 5.41) is 12.1. The molecule has 0 spiro atoms. The standard InChI is InChI=1S/C24H32N2O4S/c1-18(27)14-25(15-20-8-5-12-29-20)16-24(28)26-11-9-23-21(10-13-31-23)22(26)17-30-19-6-3-2-4-7-19/h2-4,6-7,10,13,18,20,22,27H,5,8-9,11-12,14-17H2,1H3. The van der Waals surface area contributed by atoms with Crippen molar-refractivity contribution in [2.75, 3.05) is 39.4 Å². The lowest BCUT2D eigenvalue weighted by Crippen LogP contribution is -2.48. The second-order valence-electron chi connectivity index (χ2n) is 8.45. The number of hydrogen-bond donors (Lipinski definition) is 1. The highest BCUT2D eigenvalue weighted by molar-refractivity contribution is 7.10. The van der Waals surface area contributed by atoms with Crippen molar-refractivity contribution in [2.45, 2.75) is 44.4 Å². The van der Waals surface area contributed by atoms with Gasteiger partial charge in [0.25, 0.3) is 0 Å². The molecule has 3 unspecified atom stereocenters. The van der Waals surface area contributed by atoms with E-state index in [0.717, 1.165) is 31.6 Å². The van der Waals surface area contributed by atoms with Gasteiger partial charge in [-0.3, -0.25) is 9.69 Å². The fourth-order valence-corrected chi connectivity index (χ4v) is 5.43. The number of ether oxygens (including phenoxy) is 2. The van der Waals surface area contributed by atoms with Crippen molar-refractivity contribution in [1.29, 1.82) is 0 Å². The molecule has 0 aliphatic carbocycles. The maximum atomic E-state index is 13.4. The summed E-state index contributed by atoms with van der Waals surface area (Å²) in [7, 11) is 0. The minimum absolute atomic E-state index is 0.0807. The predicted octanol–water partition coefficient (Wildman–Crippen LogP) is 3.11. The van der Waals surface area contributed by atoms with Crippen LogP contribution in [0, 0.1) is 0 Å². The van der Waals surface area contributed by atoms with Gasteiger partial charge >= 0.3 is 0 Å². The van der Waals surface area contributed by atoms with Crippen molar-refractivity contribution in [2.24, 2.45) is 0 Å². The predicted molar refractivity (Wildman–Crippen MR) is 122 cm³/mol. The molecule has 7 heteroatoms. The van der Waals surface area contributed by atoms with Gasteiger partial charge in [0.05, 0.1) is 24.8 Å². The number of rotatable bonds is 9. The van der Waals surface area contributed by atoms with E-state index in [2.05, 4.69) is 11.4 Å². The number of benzene rings is 1. The third-order valence-corrected chi connectivity index (χ3v) is 6.93. The Balaban J connectivity index is 1.45. The summed E-state index contributed by atoms with van der Waals surface area (Å²) >= 11 is 1.75. The van der Waals surface area contributed by atoms with Crippen LogP contribution in [0.4, 0.5) is 0 Å². The van der Waals surface area contributed by atoms with E-state index < -0.39 is 6.10 Å². The number of nitrogens with zero attached hydrogens (tertiary/aromatic N) is 2. The molecule has 2 aromatic rings. The van der Waals surface area contributed by atoms with Crippen LogP contribution in [0.25, 0.3) is 0 Å². The van der Waals surface area contributed by atoms with Crippen LogP contribution in [-0.2, 0) is 16.0 Å². The Morgan fingerprint density at radius 3 is 2.94 bits per heavy atom. The van der Waals surface area contributed by atoms with Crippen LogP contribution in [0.1, 0.15) is 36.2 Å². The average molecular weight is 445 g/mol. The highest BCUT2D eigenvalue weighted by Crippen LogP contribution is 2.34. The molecule has 3 atom stereocenters. The highest BCUT2D eigenvalue weighted by atomic mass is 32.1. The van der Waals surface area contributed by atoms with E-state index in [1.54, 1.807) is 18.3 Å². The lowest BCUT2D eigenvalue weighted by molar-refractivity contribution is -0.136. The SMILES string of the molecule is CC(O)CN(CC(=O)N1CCc2sccc2C1COc1ccccc1)CC1CCCO1. The first-order valence-corrected chi connectivity index (χ1v) is 12.0. The summed E-state index contributed by atoms with van der Waals surface area (Å²) in [6.45, 7) is 5.11. The van der Waals surface area contributed by atoms with Crippen LogP contribution in [0.3, 0.4) is 0 Å². The Bertz CT molecular complexity index is 835. The van der Waals surface area contributed by atoms with Crippen LogP contribution in [0.2, 0.25) is 0 Å². The molecule has 0 radical (unpaired) electrons. The van der Waals surface area contributed by atoms with E-state index in [9.17, 15) is 9.90 Å². The lowest BCUT2D eigenvalue weighted by atomic mass is 10.0. The zero-order valence-electron chi connectivity index (χ0n) is 18.1. The Labute approximate surface area is 188 Å². The zero-order chi connectivity index (χ0) is 21.6. The topological polar surface area (TPSA) is 62.2 Å². The van der Waals surface area contributed by atoms with Gasteiger partial charge in [0.15, 0.2) is 0 Å². The number of amides is 1. The van der Waals surface area contributed by atoms with Gasteiger partial charge in [0.2, 0.25) is 5.91 Å². The van der Waals surface area contributed by atoms with Gasteiger partial charge in [-0.15, -0.1) is 11.3 Å². The van der Waals surface area contributed by atoms with E-state index in [1.165, 1.54) is 10.4 Å². The molecule has 6 nitrogen and oxygen atoms in total. The van der Waals surface area contributed by atoms with Crippen molar-refractivity contribution in [3.8, 4) is 5.75 Å². The second-order valence-corrected chi connectivity index (χ2v) is 9.45. The molecular weight excluding hydrogens is 412 g/mol. The summed E-state index contributed by atoms with van der Waals surface area (Å²) in [6.07, 6.45) is 2.61. The van der Waals surface area contributed by atoms with Crippen LogP contribution in [0.15, 0.2) is 41.8 Å². The molecule has 4 rings (SSSR count). The van der Waals surface area contributed by atoms with Gasteiger partial charge in [-0.1, -0.05) is 18.2 Å². The maximum absolute atomic E-state index is 13.4. The fourth-order valence-electron chi connectivity index (χ4n) is 4.50. The molecule has 1 N–H and O–H groups in total. The molecule has 1 aromatic heterocycles. The van der Waals surface area contributed by atoms with Crippen LogP contribution in [-0.4, -0.2) is 72.4 Å². The zero-order valence-corrected chi connectivity index (χ0v) is 18.9. The van der Waals surface area contributed by atoms with E-state index in [1.807, 2.05) is 40.1 Å². The smallest absolute Gasteiger partial charge is 0.237 e. The molecular formula is C24H32N2O4S. The number of thiophene rings is 1. The van der Waals surface area contributed by atoms with Gasteiger partial charge in [0, 0.05) is 31.1 Å². The van der Waals surface area contributed by atoms with Gasteiger partial charge in [-0.2, -0.15) is 0 Å². The lowest BCUT2D eigenvalue weighted by Gasteiger charge is -2.37. The van der Waals surface area contributed by atoms with Crippen molar-refractivity contribution >= 4 is 17.2 Å². The minimum atomic E-state index is -0.490. The summed E-state index contributed by atoms with van der Waals surface area (Å²) in [6, 6.07) is 11.8. The molecule has 1 amide bonds. The van der Waals surface area contributed by atoms with Crippen LogP contribution < -0.4 is 4.74 Å². The van der Waals surface area contributed by atoms with Gasteiger partial charge in [-0.05, 0) is 55.3 Å². The normalized spacial score (nSPS) is 21.8. The highest BCUT2D eigenvalue weighted by Gasteiger charge is 2.33. The largest absolute Gasteiger partial charge is 0.491 e. The molecule has 0 bridgehead atoms. The molecule has 31 heavy (non-hydrogen) atoms. The van der Waals surface area contributed by atoms with Crippen LogP contribution >= 0.6 is 11.3 Å². The average Bonchev–Trinajstić information content (AvgIpc) is 3.44. The summed E-state index contributed by atoms with van der Waals surface area (Å²) in [5.74, 6) is 0.892. The van der Waals surface area contributed by atoms with Gasteiger partial charge in [-0.25, -0.2) is 0 Å². The Kier molecular flexibility index (Phi) is 7.61. The third kappa shape index (κ3) is 5.86. The van der Waals surface area contributed by atoms with E-state index in [0.29, 0.717) is 26.2 Å². The van der Waals surface area contributed by atoms with E-state index in [4.69, 9.17) is 9.47 Å². The number of hydrogen-bond acceptors (Lipinski definition) is 6. The fraction of sp³-hybridized carbons (Fsp3) is 0.542. The number of aliphatic hydroxyl groups is 1. The van der Waals surface area contributed by atoms with Gasteiger partial charge < -0.3 is 19.5 Å². The summed E-state index contributed by atoms with van der Waals surface area (Å²) < 4.78 is 11.8. The third-order valence-electron chi connectivity index (χ3n) is 5.93. The monoisotopic (exact) mass is 444 g/mol. The number of fused-ring (bicyclic) bond motifs is 1. The Morgan fingerprint density at radius 2 is 2.19 bits per heavy atom. The summed E-state index contributed by atoms with van der Waals surface area (Å²) in [4.78, 5) is 18.8. The number of carbonyl (C=O) groups is 1. The molecule has 1 aromatic carbocycles.